The highest BCUT2D eigenvalue weighted by Crippen LogP contribution is 2.17. The molecule has 1 aromatic heterocycles. The zero-order valence-electron chi connectivity index (χ0n) is 11.0. The quantitative estimate of drug-likeness (QED) is 0.806. The number of aromatic nitrogens is 3. The fourth-order valence-electron chi connectivity index (χ4n) is 1.65. The molecule has 0 saturated carbocycles. The molecule has 1 amide bonds. The Hall–Kier alpha value is -1.63. The van der Waals surface area contributed by atoms with Crippen LogP contribution in [0.25, 0.3) is 0 Å². The zero-order chi connectivity index (χ0) is 13.8. The minimum atomic E-state index is 0.0267. The summed E-state index contributed by atoms with van der Waals surface area (Å²) in [6.07, 6.45) is 0.853. The molecule has 1 fully saturated rings. The summed E-state index contributed by atoms with van der Waals surface area (Å²) in [5.41, 5.74) is 0. The Labute approximate surface area is 116 Å². The Balaban J connectivity index is 2.15. The van der Waals surface area contributed by atoms with Crippen LogP contribution in [0.4, 0.5) is 5.95 Å². The summed E-state index contributed by atoms with van der Waals surface area (Å²) >= 11 is 5.85. The molecule has 0 aliphatic carbocycles. The number of hydrogen-bond donors (Lipinski definition) is 0. The monoisotopic (exact) mass is 285 g/mol. The Kier molecular flexibility index (Phi) is 4.36. The van der Waals surface area contributed by atoms with Crippen molar-refractivity contribution in [3.63, 3.8) is 0 Å². The maximum Gasteiger partial charge on any atom is 0.322 e. The molecular formula is C11H16ClN5O2. The topological polar surface area (TPSA) is 71.5 Å². The van der Waals surface area contributed by atoms with E-state index >= 15 is 0 Å². The van der Waals surface area contributed by atoms with Crippen molar-refractivity contribution in [1.82, 2.24) is 19.9 Å². The number of ether oxygens (including phenoxy) is 1. The summed E-state index contributed by atoms with van der Waals surface area (Å²) in [5, 5.41) is 0.0717. The van der Waals surface area contributed by atoms with Gasteiger partial charge in [-0.3, -0.25) is 4.79 Å². The minimum absolute atomic E-state index is 0.0267. The maximum absolute atomic E-state index is 11.7. The first-order chi connectivity index (χ1) is 9.10. The molecule has 7 nitrogen and oxygen atoms in total. The van der Waals surface area contributed by atoms with Crippen LogP contribution in [0.15, 0.2) is 0 Å². The number of carbonyl (C=O) groups excluding carboxylic acids is 1. The fraction of sp³-hybridized carbons (Fsp3) is 0.636. The van der Waals surface area contributed by atoms with Crippen LogP contribution < -0.4 is 9.64 Å². The van der Waals surface area contributed by atoms with E-state index in [0.717, 1.165) is 6.42 Å². The van der Waals surface area contributed by atoms with Crippen LogP contribution in [0.1, 0.15) is 13.3 Å². The summed E-state index contributed by atoms with van der Waals surface area (Å²) in [5.74, 6) is 0.409. The predicted molar refractivity (Wildman–Crippen MR) is 70.5 cm³/mol. The molecular weight excluding hydrogens is 270 g/mol. The van der Waals surface area contributed by atoms with Gasteiger partial charge in [0.05, 0.1) is 13.2 Å². The molecule has 0 spiro atoms. The Morgan fingerprint density at radius 2 is 2.11 bits per heavy atom. The molecule has 1 aliphatic heterocycles. The van der Waals surface area contributed by atoms with E-state index in [4.69, 9.17) is 16.3 Å². The third kappa shape index (κ3) is 3.44. The van der Waals surface area contributed by atoms with Crippen molar-refractivity contribution in [1.29, 1.82) is 0 Å². The van der Waals surface area contributed by atoms with Crippen molar-refractivity contribution in [3.05, 3.63) is 5.28 Å². The smallest absolute Gasteiger partial charge is 0.322 e. The number of halogens is 1. The third-order valence-electron chi connectivity index (χ3n) is 2.75. The van der Waals surface area contributed by atoms with Gasteiger partial charge < -0.3 is 14.5 Å². The molecule has 0 unspecified atom stereocenters. The number of carbonyl (C=O) groups is 1. The van der Waals surface area contributed by atoms with Gasteiger partial charge in [0.2, 0.25) is 17.1 Å². The number of rotatable bonds is 4. The van der Waals surface area contributed by atoms with Gasteiger partial charge in [-0.2, -0.15) is 15.0 Å². The number of anilines is 1. The van der Waals surface area contributed by atoms with E-state index in [1.807, 2.05) is 6.92 Å². The van der Waals surface area contributed by atoms with Crippen molar-refractivity contribution < 1.29 is 9.53 Å². The van der Waals surface area contributed by atoms with Gasteiger partial charge in [-0.05, 0) is 18.0 Å². The maximum atomic E-state index is 11.7. The average molecular weight is 286 g/mol. The van der Waals surface area contributed by atoms with Crippen molar-refractivity contribution in [2.24, 2.45) is 0 Å². The SMILES string of the molecule is CCCOc1nc(Cl)nc(N2CCN(C)C(=O)C2)n1. The van der Waals surface area contributed by atoms with Crippen LogP contribution >= 0.6 is 11.6 Å². The third-order valence-corrected chi connectivity index (χ3v) is 2.92. The predicted octanol–water partition coefficient (Wildman–Crippen LogP) is 0.592. The van der Waals surface area contributed by atoms with E-state index in [-0.39, 0.29) is 23.7 Å². The second-order valence-corrected chi connectivity index (χ2v) is 4.61. The molecule has 2 heterocycles. The summed E-state index contributed by atoms with van der Waals surface area (Å²) in [7, 11) is 1.77. The van der Waals surface area contributed by atoms with Crippen LogP contribution in [-0.2, 0) is 4.79 Å². The highest BCUT2D eigenvalue weighted by Gasteiger charge is 2.23. The lowest BCUT2D eigenvalue weighted by molar-refractivity contribution is -0.129. The van der Waals surface area contributed by atoms with Crippen molar-refractivity contribution >= 4 is 23.5 Å². The lowest BCUT2D eigenvalue weighted by Gasteiger charge is -2.31. The van der Waals surface area contributed by atoms with Gasteiger partial charge in [0.15, 0.2) is 0 Å². The average Bonchev–Trinajstić information content (AvgIpc) is 2.39. The van der Waals surface area contributed by atoms with E-state index in [0.29, 0.717) is 25.6 Å². The number of amides is 1. The lowest BCUT2D eigenvalue weighted by atomic mass is 10.3. The Morgan fingerprint density at radius 3 is 2.79 bits per heavy atom. The van der Waals surface area contributed by atoms with Gasteiger partial charge in [-0.1, -0.05) is 6.92 Å². The van der Waals surface area contributed by atoms with Gasteiger partial charge in [-0.15, -0.1) is 0 Å². The normalized spacial score (nSPS) is 15.8. The van der Waals surface area contributed by atoms with Crippen LogP contribution in [0, 0.1) is 0 Å². The molecule has 1 saturated heterocycles. The molecule has 0 bridgehead atoms. The van der Waals surface area contributed by atoms with E-state index in [2.05, 4.69) is 15.0 Å². The van der Waals surface area contributed by atoms with Crippen LogP contribution in [-0.4, -0.2) is 59.0 Å². The first-order valence-electron chi connectivity index (χ1n) is 6.13. The molecule has 2 rings (SSSR count). The number of piperazine rings is 1. The van der Waals surface area contributed by atoms with Gasteiger partial charge in [0, 0.05) is 20.1 Å². The Morgan fingerprint density at radius 1 is 1.32 bits per heavy atom. The Bertz CT molecular complexity index is 470. The second kappa shape index (κ2) is 6.01. The molecule has 8 heteroatoms. The first kappa shape index (κ1) is 13.8. The van der Waals surface area contributed by atoms with Crippen LogP contribution in [0.3, 0.4) is 0 Å². The number of hydrogen-bond acceptors (Lipinski definition) is 6. The van der Waals surface area contributed by atoms with Crippen LogP contribution in [0.5, 0.6) is 6.01 Å². The molecule has 0 N–H and O–H groups in total. The molecule has 1 aliphatic rings. The molecule has 0 aromatic carbocycles. The zero-order valence-corrected chi connectivity index (χ0v) is 11.7. The standard InChI is InChI=1S/C11H16ClN5O2/c1-3-6-19-11-14-9(12)13-10(15-11)17-5-4-16(2)8(18)7-17/h3-7H2,1-2H3. The van der Waals surface area contributed by atoms with Gasteiger partial charge in [0.25, 0.3) is 0 Å². The lowest BCUT2D eigenvalue weighted by Crippen LogP contribution is -2.49. The largest absolute Gasteiger partial charge is 0.463 e. The summed E-state index contributed by atoms with van der Waals surface area (Å²) in [4.78, 5) is 27.2. The molecule has 0 radical (unpaired) electrons. The van der Waals surface area contributed by atoms with E-state index in [1.165, 1.54) is 0 Å². The number of nitrogens with zero attached hydrogens (tertiary/aromatic N) is 5. The first-order valence-corrected chi connectivity index (χ1v) is 6.51. The minimum Gasteiger partial charge on any atom is -0.463 e. The van der Waals surface area contributed by atoms with E-state index < -0.39 is 0 Å². The van der Waals surface area contributed by atoms with Crippen LogP contribution in [0.2, 0.25) is 5.28 Å². The van der Waals surface area contributed by atoms with Gasteiger partial charge >= 0.3 is 6.01 Å². The fourth-order valence-corrected chi connectivity index (χ4v) is 1.80. The van der Waals surface area contributed by atoms with E-state index in [9.17, 15) is 4.79 Å². The summed E-state index contributed by atoms with van der Waals surface area (Å²) < 4.78 is 5.35. The van der Waals surface area contributed by atoms with E-state index in [1.54, 1.807) is 16.8 Å². The summed E-state index contributed by atoms with van der Waals surface area (Å²) in [6.45, 7) is 4.04. The van der Waals surface area contributed by atoms with Crippen molar-refractivity contribution in [3.8, 4) is 6.01 Å². The molecule has 1 aromatic rings. The molecule has 19 heavy (non-hydrogen) atoms. The second-order valence-electron chi connectivity index (χ2n) is 4.27. The van der Waals surface area contributed by atoms with Gasteiger partial charge in [-0.25, -0.2) is 0 Å². The summed E-state index contributed by atoms with van der Waals surface area (Å²) in [6, 6.07) is 0.197. The van der Waals surface area contributed by atoms with Crippen molar-refractivity contribution in [2.75, 3.05) is 38.2 Å². The molecule has 104 valence electrons. The highest BCUT2D eigenvalue weighted by molar-refractivity contribution is 6.28. The van der Waals surface area contributed by atoms with Crippen molar-refractivity contribution in [2.45, 2.75) is 13.3 Å². The van der Waals surface area contributed by atoms with Gasteiger partial charge in [0.1, 0.15) is 0 Å². The number of likely N-dealkylation sites (N-methyl/N-ethyl adjacent to an activating group) is 1. The highest BCUT2D eigenvalue weighted by atomic mass is 35.5. The molecule has 0 atom stereocenters.